The molecule has 0 bridgehead atoms. The van der Waals surface area contributed by atoms with Gasteiger partial charge in [0.1, 0.15) is 5.75 Å². The number of nitrogens with one attached hydrogen (secondary N) is 1. The Bertz CT molecular complexity index is 555. The van der Waals surface area contributed by atoms with Gasteiger partial charge in [-0.3, -0.25) is 9.59 Å². The lowest BCUT2D eigenvalue weighted by Crippen LogP contribution is -2.48. The second kappa shape index (κ2) is 6.35. The van der Waals surface area contributed by atoms with E-state index in [9.17, 15) is 14.7 Å². The molecule has 1 saturated carbocycles. The van der Waals surface area contributed by atoms with E-state index in [0.29, 0.717) is 23.6 Å². The van der Waals surface area contributed by atoms with Gasteiger partial charge in [-0.25, -0.2) is 0 Å². The molecular weight excluding hydrogens is 294 g/mol. The topological polar surface area (TPSA) is 75.6 Å². The molecule has 1 amide bonds. The summed E-state index contributed by atoms with van der Waals surface area (Å²) in [5.74, 6) is -0.577. The number of hydrogen-bond acceptors (Lipinski definition) is 3. The number of ether oxygens (including phenoxy) is 1. The standard InChI is InChI=1S/C15H18ClNO4/c1-10-7-11(16)3-4-12(10)21-8-13(18)17-9-15(14(19)20)5-2-6-15/h3-4,7H,2,5-6,8-9H2,1H3,(H,17,18)(H,19,20). The molecule has 1 aromatic carbocycles. The number of carbonyl (C=O) groups is 2. The van der Waals surface area contributed by atoms with Crippen LogP contribution in [0.5, 0.6) is 5.75 Å². The second-order valence-corrected chi connectivity index (χ2v) is 5.85. The monoisotopic (exact) mass is 311 g/mol. The van der Waals surface area contributed by atoms with Gasteiger partial charge >= 0.3 is 5.97 Å². The Morgan fingerprint density at radius 2 is 2.14 bits per heavy atom. The van der Waals surface area contributed by atoms with Crippen LogP contribution in [0, 0.1) is 12.3 Å². The summed E-state index contributed by atoms with van der Waals surface area (Å²) in [6, 6.07) is 5.15. The number of hydrogen-bond donors (Lipinski definition) is 2. The second-order valence-electron chi connectivity index (χ2n) is 5.41. The summed E-state index contributed by atoms with van der Waals surface area (Å²) in [5, 5.41) is 12.4. The highest BCUT2D eigenvalue weighted by molar-refractivity contribution is 6.30. The molecule has 0 unspecified atom stereocenters. The van der Waals surface area contributed by atoms with Crippen molar-refractivity contribution < 1.29 is 19.4 Å². The molecule has 0 spiro atoms. The fourth-order valence-corrected chi connectivity index (χ4v) is 2.53. The van der Waals surface area contributed by atoms with E-state index in [1.807, 2.05) is 6.92 Å². The molecule has 1 aromatic rings. The highest BCUT2D eigenvalue weighted by Gasteiger charge is 2.44. The molecule has 1 fully saturated rings. The lowest BCUT2D eigenvalue weighted by Gasteiger charge is -2.37. The minimum Gasteiger partial charge on any atom is -0.484 e. The molecule has 5 nitrogen and oxygen atoms in total. The number of carbonyl (C=O) groups excluding carboxylic acids is 1. The first-order chi connectivity index (χ1) is 9.93. The number of aryl methyl sites for hydroxylation is 1. The largest absolute Gasteiger partial charge is 0.484 e. The Labute approximate surface area is 128 Å². The van der Waals surface area contributed by atoms with E-state index in [1.165, 1.54) is 0 Å². The van der Waals surface area contributed by atoms with Gasteiger partial charge in [0.15, 0.2) is 6.61 Å². The molecule has 1 aliphatic carbocycles. The van der Waals surface area contributed by atoms with Crippen LogP contribution in [0.25, 0.3) is 0 Å². The molecule has 2 rings (SSSR count). The number of halogens is 1. The minimum atomic E-state index is -0.844. The van der Waals surface area contributed by atoms with E-state index < -0.39 is 11.4 Å². The molecule has 114 valence electrons. The van der Waals surface area contributed by atoms with Gasteiger partial charge in [0, 0.05) is 11.6 Å². The van der Waals surface area contributed by atoms with Gasteiger partial charge in [0.2, 0.25) is 0 Å². The minimum absolute atomic E-state index is 0.141. The molecule has 0 heterocycles. The Morgan fingerprint density at radius 3 is 2.67 bits per heavy atom. The van der Waals surface area contributed by atoms with Crippen molar-refractivity contribution in [1.29, 1.82) is 0 Å². The van der Waals surface area contributed by atoms with Crippen molar-refractivity contribution in [3.8, 4) is 5.75 Å². The summed E-state index contributed by atoms with van der Waals surface area (Å²) < 4.78 is 5.41. The third kappa shape index (κ3) is 3.67. The third-order valence-corrected chi connectivity index (χ3v) is 4.12. The first-order valence-electron chi connectivity index (χ1n) is 6.82. The maximum absolute atomic E-state index is 11.7. The summed E-state index contributed by atoms with van der Waals surface area (Å²) >= 11 is 5.84. The predicted molar refractivity (Wildman–Crippen MR) is 78.6 cm³/mol. The van der Waals surface area contributed by atoms with Crippen molar-refractivity contribution in [1.82, 2.24) is 5.32 Å². The van der Waals surface area contributed by atoms with Gasteiger partial charge in [0.05, 0.1) is 5.41 Å². The number of benzene rings is 1. The van der Waals surface area contributed by atoms with Crippen molar-refractivity contribution in [3.05, 3.63) is 28.8 Å². The number of amides is 1. The molecule has 0 saturated heterocycles. The molecule has 0 aliphatic heterocycles. The van der Waals surface area contributed by atoms with Crippen LogP contribution in [0.1, 0.15) is 24.8 Å². The van der Waals surface area contributed by atoms with Crippen LogP contribution in [0.4, 0.5) is 0 Å². The van der Waals surface area contributed by atoms with Crippen molar-refractivity contribution in [2.24, 2.45) is 5.41 Å². The fraction of sp³-hybridized carbons (Fsp3) is 0.467. The van der Waals surface area contributed by atoms with E-state index in [2.05, 4.69) is 5.32 Å². The van der Waals surface area contributed by atoms with Crippen LogP contribution in [0.3, 0.4) is 0 Å². The van der Waals surface area contributed by atoms with Crippen molar-refractivity contribution in [2.45, 2.75) is 26.2 Å². The predicted octanol–water partition coefficient (Wildman–Crippen LogP) is 2.40. The SMILES string of the molecule is Cc1cc(Cl)ccc1OCC(=O)NCC1(C(=O)O)CCC1. The smallest absolute Gasteiger partial charge is 0.311 e. The van der Waals surface area contributed by atoms with Crippen LogP contribution in [-0.2, 0) is 9.59 Å². The average molecular weight is 312 g/mol. The quantitative estimate of drug-likeness (QED) is 0.846. The number of carboxylic acids is 1. The van der Waals surface area contributed by atoms with E-state index in [0.717, 1.165) is 12.0 Å². The third-order valence-electron chi connectivity index (χ3n) is 3.88. The Hall–Kier alpha value is -1.75. The Kier molecular flexibility index (Phi) is 4.73. The number of rotatable bonds is 6. The van der Waals surface area contributed by atoms with Gasteiger partial charge in [-0.05, 0) is 43.5 Å². The highest BCUT2D eigenvalue weighted by Crippen LogP contribution is 2.40. The molecule has 21 heavy (non-hydrogen) atoms. The van der Waals surface area contributed by atoms with Gasteiger partial charge in [-0.15, -0.1) is 0 Å². The van der Waals surface area contributed by atoms with Gasteiger partial charge < -0.3 is 15.2 Å². The average Bonchev–Trinajstić information content (AvgIpc) is 2.36. The van der Waals surface area contributed by atoms with Crippen LogP contribution < -0.4 is 10.1 Å². The Morgan fingerprint density at radius 1 is 1.43 bits per heavy atom. The molecule has 6 heteroatoms. The van der Waals surface area contributed by atoms with Crippen molar-refractivity contribution >= 4 is 23.5 Å². The van der Waals surface area contributed by atoms with Crippen LogP contribution >= 0.6 is 11.6 Å². The first-order valence-corrected chi connectivity index (χ1v) is 7.20. The molecule has 2 N–H and O–H groups in total. The molecule has 0 radical (unpaired) electrons. The van der Waals surface area contributed by atoms with Crippen LogP contribution in [-0.4, -0.2) is 30.1 Å². The maximum atomic E-state index is 11.7. The molecular formula is C15H18ClNO4. The summed E-state index contributed by atoms with van der Waals surface area (Å²) in [6.45, 7) is 1.86. The summed E-state index contributed by atoms with van der Waals surface area (Å²) in [6.07, 6.45) is 2.11. The maximum Gasteiger partial charge on any atom is 0.311 e. The highest BCUT2D eigenvalue weighted by atomic mass is 35.5. The lowest BCUT2D eigenvalue weighted by molar-refractivity contribution is -0.154. The molecule has 0 aromatic heterocycles. The van der Waals surface area contributed by atoms with Gasteiger partial charge in [0.25, 0.3) is 5.91 Å². The van der Waals surface area contributed by atoms with Crippen LogP contribution in [0.15, 0.2) is 18.2 Å². The van der Waals surface area contributed by atoms with E-state index in [-0.39, 0.29) is 19.1 Å². The molecule has 1 aliphatic rings. The van der Waals surface area contributed by atoms with Crippen molar-refractivity contribution in [2.75, 3.05) is 13.2 Å². The fourth-order valence-electron chi connectivity index (χ4n) is 2.31. The van der Waals surface area contributed by atoms with Gasteiger partial charge in [-0.1, -0.05) is 18.0 Å². The Balaban J connectivity index is 1.81. The zero-order valence-electron chi connectivity index (χ0n) is 11.8. The first kappa shape index (κ1) is 15.6. The number of carboxylic acid groups (broad SMARTS) is 1. The summed E-state index contributed by atoms with van der Waals surface area (Å²) in [4.78, 5) is 22.9. The van der Waals surface area contributed by atoms with E-state index in [4.69, 9.17) is 16.3 Å². The van der Waals surface area contributed by atoms with Gasteiger partial charge in [-0.2, -0.15) is 0 Å². The van der Waals surface area contributed by atoms with Crippen molar-refractivity contribution in [3.63, 3.8) is 0 Å². The molecule has 0 atom stereocenters. The summed E-state index contributed by atoms with van der Waals surface area (Å²) in [5.41, 5.74) is 0.0579. The normalized spacial score (nSPS) is 15.9. The summed E-state index contributed by atoms with van der Waals surface area (Å²) in [7, 11) is 0. The number of aliphatic carboxylic acids is 1. The van der Waals surface area contributed by atoms with Crippen LogP contribution in [0.2, 0.25) is 5.02 Å². The zero-order valence-corrected chi connectivity index (χ0v) is 12.6. The lowest BCUT2D eigenvalue weighted by atomic mass is 9.69. The van der Waals surface area contributed by atoms with E-state index >= 15 is 0 Å². The zero-order chi connectivity index (χ0) is 15.5. The van der Waals surface area contributed by atoms with E-state index in [1.54, 1.807) is 18.2 Å².